The summed E-state index contributed by atoms with van der Waals surface area (Å²) >= 11 is 1.47. The Morgan fingerprint density at radius 2 is 1.85 bits per heavy atom. The van der Waals surface area contributed by atoms with Gasteiger partial charge in [0.25, 0.3) is 0 Å². The molecule has 74 valence electrons. The molecule has 0 aliphatic heterocycles. The number of rotatable bonds is 1. The fourth-order valence-corrected chi connectivity index (χ4v) is 1.40. The topological polar surface area (TPSA) is 94.8 Å². The zero-order valence-electron chi connectivity index (χ0n) is 7.41. The van der Waals surface area contributed by atoms with Crippen LogP contribution in [0.1, 0.15) is 0 Å². The average molecular weight is 313 g/mol. The van der Waals surface area contributed by atoms with Crippen molar-refractivity contribution < 1.29 is 28.5 Å². The number of anilines is 3. The Morgan fingerprint density at radius 3 is 2.31 bits per heavy atom. The van der Waals surface area contributed by atoms with Gasteiger partial charge in [-0.2, -0.15) is 0 Å². The standard InChI is InChI=1S/C6H11N5S.HI/c1-11-5(9)3(7)4(8)10-6(11)12-2;/h7H2,1-2H3,(H3,8,9);1H. The second-order valence-corrected chi connectivity index (χ2v) is 3.12. The van der Waals surface area contributed by atoms with Crippen LogP contribution in [0.4, 0.5) is 17.3 Å². The van der Waals surface area contributed by atoms with Gasteiger partial charge in [-0.05, 0) is 6.26 Å². The molecule has 0 saturated carbocycles. The summed E-state index contributed by atoms with van der Waals surface area (Å²) < 4.78 is 1.70. The lowest BCUT2D eigenvalue weighted by Gasteiger charge is -2.04. The summed E-state index contributed by atoms with van der Waals surface area (Å²) in [6.07, 6.45) is 1.90. The minimum absolute atomic E-state index is 0. The molecule has 0 aliphatic rings. The predicted octanol–water partition coefficient (Wildman–Crippen LogP) is -3.62. The number of nitrogens with two attached hydrogens (primary N) is 3. The van der Waals surface area contributed by atoms with E-state index in [0.29, 0.717) is 11.5 Å². The monoisotopic (exact) mass is 313 g/mol. The Balaban J connectivity index is 0.00000144. The molecule has 6 N–H and O–H groups in total. The lowest BCUT2D eigenvalue weighted by molar-refractivity contribution is -0.698. The maximum atomic E-state index is 5.66. The molecular formula is C6H12IN5S. The van der Waals surface area contributed by atoms with E-state index in [4.69, 9.17) is 17.2 Å². The van der Waals surface area contributed by atoms with Gasteiger partial charge in [0.15, 0.2) is 5.69 Å². The first-order valence-corrected chi connectivity index (χ1v) is 4.54. The van der Waals surface area contributed by atoms with E-state index >= 15 is 0 Å². The normalized spacial score (nSPS) is 9.38. The van der Waals surface area contributed by atoms with E-state index in [1.807, 2.05) is 6.26 Å². The van der Waals surface area contributed by atoms with E-state index in [2.05, 4.69) is 4.98 Å². The molecule has 1 heterocycles. The highest BCUT2D eigenvalue weighted by Crippen LogP contribution is 2.19. The Kier molecular flexibility index (Phi) is 4.54. The van der Waals surface area contributed by atoms with Crippen LogP contribution >= 0.6 is 11.8 Å². The fourth-order valence-electron chi connectivity index (χ4n) is 0.836. The van der Waals surface area contributed by atoms with Gasteiger partial charge in [-0.15, -0.1) is 0 Å². The summed E-state index contributed by atoms with van der Waals surface area (Å²) in [4.78, 5) is 4.05. The number of nitrogen functional groups attached to an aromatic ring is 3. The summed E-state index contributed by atoms with van der Waals surface area (Å²) in [5.41, 5.74) is 17.1. The van der Waals surface area contributed by atoms with Crippen molar-refractivity contribution in [3.63, 3.8) is 0 Å². The van der Waals surface area contributed by atoms with Crippen molar-refractivity contribution in [3.05, 3.63) is 0 Å². The Labute approximate surface area is 98.1 Å². The van der Waals surface area contributed by atoms with E-state index in [1.165, 1.54) is 11.8 Å². The number of hydrogen-bond donors (Lipinski definition) is 3. The summed E-state index contributed by atoms with van der Waals surface area (Å²) in [6.45, 7) is 0. The van der Waals surface area contributed by atoms with Crippen LogP contribution in [-0.4, -0.2) is 11.2 Å². The minimum Gasteiger partial charge on any atom is -1.00 e. The van der Waals surface area contributed by atoms with Gasteiger partial charge in [-0.1, -0.05) is 16.7 Å². The first kappa shape index (κ1) is 12.6. The van der Waals surface area contributed by atoms with Gasteiger partial charge >= 0.3 is 5.16 Å². The zero-order chi connectivity index (χ0) is 9.30. The minimum atomic E-state index is 0. The number of aromatic nitrogens is 2. The Morgan fingerprint density at radius 1 is 1.31 bits per heavy atom. The first-order chi connectivity index (χ1) is 5.57. The summed E-state index contributed by atoms with van der Waals surface area (Å²) in [7, 11) is 1.80. The van der Waals surface area contributed by atoms with Crippen LogP contribution in [0.2, 0.25) is 0 Å². The molecule has 13 heavy (non-hydrogen) atoms. The van der Waals surface area contributed by atoms with Gasteiger partial charge in [-0.25, -0.2) is 4.57 Å². The molecule has 0 radical (unpaired) electrons. The molecule has 0 saturated heterocycles. The van der Waals surface area contributed by atoms with E-state index < -0.39 is 0 Å². The quantitative estimate of drug-likeness (QED) is 0.215. The van der Waals surface area contributed by atoms with Gasteiger partial charge in [0.05, 0.1) is 7.05 Å². The number of halogens is 1. The van der Waals surface area contributed by atoms with Crippen molar-refractivity contribution in [1.82, 2.24) is 4.98 Å². The van der Waals surface area contributed by atoms with E-state index in [0.717, 1.165) is 5.16 Å². The number of hydrogen-bond acceptors (Lipinski definition) is 5. The summed E-state index contributed by atoms with van der Waals surface area (Å²) in [5.74, 6) is 0.738. The van der Waals surface area contributed by atoms with Crippen molar-refractivity contribution in [3.8, 4) is 0 Å². The molecule has 5 nitrogen and oxygen atoms in total. The van der Waals surface area contributed by atoms with Crippen LogP contribution in [-0.2, 0) is 7.05 Å². The van der Waals surface area contributed by atoms with Gasteiger partial charge in [0, 0.05) is 0 Å². The molecule has 1 aromatic rings. The highest BCUT2D eigenvalue weighted by atomic mass is 127. The van der Waals surface area contributed by atoms with Gasteiger partial charge in [0.2, 0.25) is 11.6 Å². The molecule has 1 aromatic heterocycles. The lowest BCUT2D eigenvalue weighted by Crippen LogP contribution is -3.00. The second kappa shape index (κ2) is 4.70. The lowest BCUT2D eigenvalue weighted by atomic mass is 10.4. The molecule has 7 heteroatoms. The third kappa shape index (κ3) is 2.27. The molecule has 0 atom stereocenters. The third-order valence-electron chi connectivity index (χ3n) is 1.60. The SMILES string of the molecule is CSc1nc(N)c(N)c(N)[n+]1C.[I-]. The summed E-state index contributed by atoms with van der Waals surface area (Å²) in [5, 5.41) is 0.749. The third-order valence-corrected chi connectivity index (χ3v) is 2.33. The molecular weight excluding hydrogens is 301 g/mol. The number of nitrogens with zero attached hydrogens (tertiary/aromatic N) is 2. The average Bonchev–Trinajstić information content (AvgIpc) is 2.08. The van der Waals surface area contributed by atoms with E-state index in [1.54, 1.807) is 11.6 Å². The largest absolute Gasteiger partial charge is 1.00 e. The van der Waals surface area contributed by atoms with Crippen molar-refractivity contribution in [2.45, 2.75) is 5.16 Å². The molecule has 0 unspecified atom stereocenters. The maximum Gasteiger partial charge on any atom is 0.300 e. The fraction of sp³-hybridized carbons (Fsp3) is 0.333. The maximum absolute atomic E-state index is 5.66. The van der Waals surface area contributed by atoms with Crippen molar-refractivity contribution in [2.75, 3.05) is 23.5 Å². The van der Waals surface area contributed by atoms with Gasteiger partial charge < -0.3 is 41.2 Å². The Hall–Kier alpha value is -0.440. The van der Waals surface area contributed by atoms with Crippen molar-refractivity contribution in [1.29, 1.82) is 0 Å². The molecule has 0 spiro atoms. The Bertz CT molecular complexity index is 316. The van der Waals surface area contributed by atoms with Crippen LogP contribution in [0.15, 0.2) is 5.16 Å². The highest BCUT2D eigenvalue weighted by molar-refractivity contribution is 7.98. The molecule has 0 aromatic carbocycles. The van der Waals surface area contributed by atoms with Crippen LogP contribution in [0.5, 0.6) is 0 Å². The van der Waals surface area contributed by atoms with E-state index in [9.17, 15) is 0 Å². The first-order valence-electron chi connectivity index (χ1n) is 3.32. The smallest absolute Gasteiger partial charge is 0.300 e. The van der Waals surface area contributed by atoms with Crippen molar-refractivity contribution >= 4 is 29.1 Å². The number of thioether (sulfide) groups is 1. The van der Waals surface area contributed by atoms with Crippen LogP contribution in [0.25, 0.3) is 0 Å². The molecule has 1 rings (SSSR count). The molecule has 0 fully saturated rings. The van der Waals surface area contributed by atoms with Crippen LogP contribution in [0, 0.1) is 0 Å². The second-order valence-electron chi connectivity index (χ2n) is 2.34. The summed E-state index contributed by atoms with van der Waals surface area (Å²) in [6, 6.07) is 0. The molecule has 0 bridgehead atoms. The van der Waals surface area contributed by atoms with E-state index in [-0.39, 0.29) is 29.8 Å². The highest BCUT2D eigenvalue weighted by Gasteiger charge is 2.16. The van der Waals surface area contributed by atoms with Gasteiger partial charge in [0.1, 0.15) is 0 Å². The predicted molar refractivity (Wildman–Crippen MR) is 50.4 cm³/mol. The van der Waals surface area contributed by atoms with Crippen LogP contribution in [0.3, 0.4) is 0 Å². The molecule has 0 amide bonds. The van der Waals surface area contributed by atoms with Gasteiger partial charge in [-0.3, -0.25) is 0 Å². The zero-order valence-corrected chi connectivity index (χ0v) is 10.4. The van der Waals surface area contributed by atoms with Crippen LogP contribution < -0.4 is 45.7 Å². The molecule has 0 aliphatic carbocycles. The van der Waals surface area contributed by atoms with Crippen molar-refractivity contribution in [2.24, 2.45) is 7.05 Å².